The van der Waals surface area contributed by atoms with E-state index in [4.69, 9.17) is 0 Å². The van der Waals surface area contributed by atoms with Gasteiger partial charge in [-0.1, -0.05) is 32.6 Å². The largest absolute Gasteiger partial charge is 0.345 e. The van der Waals surface area contributed by atoms with Crippen molar-refractivity contribution in [1.82, 2.24) is 10.2 Å². The highest BCUT2D eigenvalue weighted by Gasteiger charge is 2.50. The molecular weight excluding hydrogens is 228 g/mol. The lowest BCUT2D eigenvalue weighted by Gasteiger charge is -2.50. The molecule has 0 aromatic carbocycles. The van der Waals surface area contributed by atoms with Crippen molar-refractivity contribution in [2.24, 2.45) is 0 Å². The number of carbonyl (C=O) groups excluding carboxylic acids is 2. The van der Waals surface area contributed by atoms with Gasteiger partial charge in [0.2, 0.25) is 11.8 Å². The summed E-state index contributed by atoms with van der Waals surface area (Å²) in [5.74, 6) is 0.169. The second-order valence-electron chi connectivity index (χ2n) is 5.68. The van der Waals surface area contributed by atoms with Gasteiger partial charge in [-0.05, 0) is 26.2 Å². The van der Waals surface area contributed by atoms with Crippen LogP contribution in [0, 0.1) is 0 Å². The number of hydrogen-bond donors (Lipinski definition) is 1. The molecule has 0 bridgehead atoms. The molecule has 1 atom stereocenters. The smallest absolute Gasteiger partial charge is 0.246 e. The molecule has 1 aliphatic heterocycles. The molecule has 1 N–H and O–H groups in total. The normalized spacial score (nSPS) is 25.1. The van der Waals surface area contributed by atoms with E-state index in [0.29, 0.717) is 0 Å². The fourth-order valence-electron chi connectivity index (χ4n) is 3.57. The predicted octanol–water partition coefficient (Wildman–Crippen LogP) is 1.84. The molecule has 1 saturated carbocycles. The lowest BCUT2D eigenvalue weighted by molar-refractivity contribution is -0.159. The average molecular weight is 252 g/mol. The number of rotatable bonds is 3. The number of nitrogens with one attached hydrogen (secondary N) is 1. The topological polar surface area (TPSA) is 49.4 Å². The molecule has 1 saturated heterocycles. The SMILES string of the molecule is CCCC(C)N1C(=O)CNC(=O)C12CCCCC2. The molecule has 2 rings (SSSR count). The third-order valence-corrected chi connectivity index (χ3v) is 4.38. The Balaban J connectivity index is 2.29. The van der Waals surface area contributed by atoms with E-state index >= 15 is 0 Å². The third kappa shape index (κ3) is 2.13. The van der Waals surface area contributed by atoms with Gasteiger partial charge in [-0.25, -0.2) is 0 Å². The zero-order chi connectivity index (χ0) is 13.2. The minimum Gasteiger partial charge on any atom is -0.345 e. The molecule has 4 heteroatoms. The van der Waals surface area contributed by atoms with E-state index in [9.17, 15) is 9.59 Å². The van der Waals surface area contributed by atoms with Crippen LogP contribution in [-0.2, 0) is 9.59 Å². The van der Waals surface area contributed by atoms with Gasteiger partial charge in [-0.15, -0.1) is 0 Å². The molecule has 0 aromatic rings. The van der Waals surface area contributed by atoms with E-state index < -0.39 is 5.54 Å². The Labute approximate surface area is 109 Å². The minimum atomic E-state index is -0.540. The monoisotopic (exact) mass is 252 g/mol. The van der Waals surface area contributed by atoms with Crippen LogP contribution in [-0.4, -0.2) is 34.8 Å². The standard InChI is InChI=1S/C14H24N2O2/c1-3-7-11(2)16-12(17)10-15-13(18)14(16)8-5-4-6-9-14/h11H,3-10H2,1-2H3,(H,15,18). The molecule has 102 valence electrons. The molecule has 1 aliphatic carbocycles. The van der Waals surface area contributed by atoms with Crippen LogP contribution in [0.4, 0.5) is 0 Å². The molecule has 1 heterocycles. The highest BCUT2D eigenvalue weighted by atomic mass is 16.2. The van der Waals surface area contributed by atoms with Crippen LogP contribution in [0.1, 0.15) is 58.8 Å². The van der Waals surface area contributed by atoms with Crippen molar-refractivity contribution >= 4 is 11.8 Å². The summed E-state index contributed by atoms with van der Waals surface area (Å²) < 4.78 is 0. The molecule has 2 fully saturated rings. The van der Waals surface area contributed by atoms with Gasteiger partial charge in [0.25, 0.3) is 0 Å². The summed E-state index contributed by atoms with van der Waals surface area (Å²) in [6, 6.07) is 0.173. The van der Waals surface area contributed by atoms with Crippen LogP contribution in [0.15, 0.2) is 0 Å². The Morgan fingerprint density at radius 3 is 2.56 bits per heavy atom. The van der Waals surface area contributed by atoms with Crippen molar-refractivity contribution < 1.29 is 9.59 Å². The Morgan fingerprint density at radius 2 is 1.94 bits per heavy atom. The summed E-state index contributed by atoms with van der Waals surface area (Å²) in [6.07, 6.45) is 6.96. The molecule has 18 heavy (non-hydrogen) atoms. The number of carbonyl (C=O) groups is 2. The zero-order valence-corrected chi connectivity index (χ0v) is 11.5. The fraction of sp³-hybridized carbons (Fsp3) is 0.857. The van der Waals surface area contributed by atoms with Gasteiger partial charge in [0.1, 0.15) is 5.54 Å². The van der Waals surface area contributed by atoms with E-state index in [1.54, 1.807) is 0 Å². The maximum atomic E-state index is 12.3. The van der Waals surface area contributed by atoms with E-state index in [1.807, 2.05) is 4.90 Å². The number of hydrogen-bond acceptors (Lipinski definition) is 2. The maximum absolute atomic E-state index is 12.3. The first-order chi connectivity index (χ1) is 8.62. The van der Waals surface area contributed by atoms with Crippen molar-refractivity contribution in [2.45, 2.75) is 70.4 Å². The number of piperazine rings is 1. The summed E-state index contributed by atoms with van der Waals surface area (Å²) in [7, 11) is 0. The van der Waals surface area contributed by atoms with Gasteiger partial charge < -0.3 is 10.2 Å². The molecule has 0 radical (unpaired) electrons. The Hall–Kier alpha value is -1.06. The van der Waals surface area contributed by atoms with Crippen molar-refractivity contribution in [2.75, 3.05) is 6.54 Å². The summed E-state index contributed by atoms with van der Waals surface area (Å²) in [5, 5.41) is 2.79. The van der Waals surface area contributed by atoms with Crippen molar-refractivity contribution in [3.8, 4) is 0 Å². The van der Waals surface area contributed by atoms with Gasteiger partial charge >= 0.3 is 0 Å². The summed E-state index contributed by atoms with van der Waals surface area (Å²) in [5.41, 5.74) is -0.540. The summed E-state index contributed by atoms with van der Waals surface area (Å²) in [6.45, 7) is 4.38. The van der Waals surface area contributed by atoms with Gasteiger partial charge in [-0.2, -0.15) is 0 Å². The summed E-state index contributed by atoms with van der Waals surface area (Å²) in [4.78, 5) is 26.5. The average Bonchev–Trinajstić information content (AvgIpc) is 2.36. The van der Waals surface area contributed by atoms with Gasteiger partial charge in [0.15, 0.2) is 0 Å². The van der Waals surface area contributed by atoms with Crippen LogP contribution >= 0.6 is 0 Å². The van der Waals surface area contributed by atoms with E-state index in [-0.39, 0.29) is 24.4 Å². The molecule has 1 spiro atoms. The molecule has 2 amide bonds. The van der Waals surface area contributed by atoms with Crippen LogP contribution in [0.2, 0.25) is 0 Å². The molecule has 0 aromatic heterocycles. The molecule has 2 aliphatic rings. The van der Waals surface area contributed by atoms with Crippen LogP contribution < -0.4 is 5.32 Å². The van der Waals surface area contributed by atoms with Gasteiger partial charge in [0, 0.05) is 6.04 Å². The number of amides is 2. The first-order valence-corrected chi connectivity index (χ1v) is 7.22. The molecule has 1 unspecified atom stereocenters. The predicted molar refractivity (Wildman–Crippen MR) is 70.0 cm³/mol. The first-order valence-electron chi connectivity index (χ1n) is 7.22. The van der Waals surface area contributed by atoms with E-state index in [1.165, 1.54) is 6.42 Å². The third-order valence-electron chi connectivity index (χ3n) is 4.38. The van der Waals surface area contributed by atoms with Gasteiger partial charge in [0.05, 0.1) is 6.54 Å². The zero-order valence-electron chi connectivity index (χ0n) is 11.5. The Kier molecular flexibility index (Phi) is 3.93. The lowest BCUT2D eigenvalue weighted by Crippen LogP contribution is -2.69. The molecule has 4 nitrogen and oxygen atoms in total. The van der Waals surface area contributed by atoms with Crippen LogP contribution in [0.5, 0.6) is 0 Å². The molecular formula is C14H24N2O2. The Morgan fingerprint density at radius 1 is 1.28 bits per heavy atom. The number of nitrogens with zero attached hydrogens (tertiary/aromatic N) is 1. The van der Waals surface area contributed by atoms with Gasteiger partial charge in [-0.3, -0.25) is 9.59 Å². The lowest BCUT2D eigenvalue weighted by atomic mass is 9.77. The van der Waals surface area contributed by atoms with Crippen molar-refractivity contribution in [3.05, 3.63) is 0 Å². The highest BCUT2D eigenvalue weighted by molar-refractivity contribution is 5.98. The minimum absolute atomic E-state index is 0.0738. The Bertz CT molecular complexity index is 335. The van der Waals surface area contributed by atoms with Crippen LogP contribution in [0.25, 0.3) is 0 Å². The van der Waals surface area contributed by atoms with Crippen molar-refractivity contribution in [1.29, 1.82) is 0 Å². The highest BCUT2D eigenvalue weighted by Crippen LogP contribution is 2.37. The van der Waals surface area contributed by atoms with E-state index in [0.717, 1.165) is 38.5 Å². The first kappa shape index (κ1) is 13.4. The second-order valence-corrected chi connectivity index (χ2v) is 5.68. The van der Waals surface area contributed by atoms with Crippen LogP contribution in [0.3, 0.4) is 0 Å². The fourth-order valence-corrected chi connectivity index (χ4v) is 3.57. The summed E-state index contributed by atoms with van der Waals surface area (Å²) >= 11 is 0. The quantitative estimate of drug-likeness (QED) is 0.833. The van der Waals surface area contributed by atoms with E-state index in [2.05, 4.69) is 19.2 Å². The second kappa shape index (κ2) is 5.29. The maximum Gasteiger partial charge on any atom is 0.246 e. The van der Waals surface area contributed by atoms with Crippen molar-refractivity contribution in [3.63, 3.8) is 0 Å².